The number of carbonyl (C=O) groups excluding carboxylic acids is 1. The Kier molecular flexibility index (Phi) is 16.9. The van der Waals surface area contributed by atoms with E-state index in [0.29, 0.717) is 0 Å². The first-order chi connectivity index (χ1) is 7.12. The number of unbranched alkanes of at least 4 members (excludes halogenated alkanes) is 1. The SMILES string of the molecule is CCCCSC(=O)S.CCN(CC)CC. The van der Waals surface area contributed by atoms with Gasteiger partial charge in [-0.05, 0) is 26.1 Å². The second-order valence-corrected chi connectivity index (χ2v) is 4.86. The van der Waals surface area contributed by atoms with Crippen LogP contribution in [-0.2, 0) is 0 Å². The van der Waals surface area contributed by atoms with Crippen molar-refractivity contribution in [3.8, 4) is 0 Å². The summed E-state index contributed by atoms with van der Waals surface area (Å²) in [6.07, 6.45) is 2.25. The Hall–Kier alpha value is 0.330. The van der Waals surface area contributed by atoms with Crippen LogP contribution in [0, 0.1) is 0 Å². The lowest BCUT2D eigenvalue weighted by Crippen LogP contribution is -2.21. The van der Waals surface area contributed by atoms with Crippen molar-refractivity contribution in [2.24, 2.45) is 0 Å². The van der Waals surface area contributed by atoms with Gasteiger partial charge in [0.15, 0.2) is 0 Å². The lowest BCUT2D eigenvalue weighted by Gasteiger charge is -2.13. The third-order valence-corrected chi connectivity index (χ3v) is 3.19. The molecule has 0 fully saturated rings. The number of thioether (sulfide) groups is 1. The molecule has 0 aliphatic heterocycles. The zero-order chi connectivity index (χ0) is 12.1. The standard InChI is InChI=1S/C6H15N.C5H10OS2/c1-4-7(5-2)6-3;1-2-3-4-8-5(6)7/h4-6H2,1-3H3;2-4H2,1H3,(H,6,7). The summed E-state index contributed by atoms with van der Waals surface area (Å²) in [5.74, 6) is 0.916. The number of nitrogens with zero attached hydrogens (tertiary/aromatic N) is 1. The Morgan fingerprint density at radius 3 is 1.80 bits per heavy atom. The predicted octanol–water partition coefficient (Wildman–Crippen LogP) is 3.92. The highest BCUT2D eigenvalue weighted by Crippen LogP contribution is 2.08. The van der Waals surface area contributed by atoms with E-state index in [9.17, 15) is 4.79 Å². The van der Waals surface area contributed by atoms with Crippen LogP contribution < -0.4 is 0 Å². The molecule has 0 spiro atoms. The van der Waals surface area contributed by atoms with Crippen LogP contribution in [0.15, 0.2) is 0 Å². The molecule has 0 amide bonds. The fraction of sp³-hybridized carbons (Fsp3) is 0.909. The number of hydrogen-bond acceptors (Lipinski definition) is 3. The van der Waals surface area contributed by atoms with Gasteiger partial charge in [0.1, 0.15) is 0 Å². The minimum absolute atomic E-state index is 0.0709. The molecule has 0 bridgehead atoms. The van der Waals surface area contributed by atoms with Gasteiger partial charge in [0.2, 0.25) is 4.45 Å². The summed E-state index contributed by atoms with van der Waals surface area (Å²) in [6.45, 7) is 12.2. The quantitative estimate of drug-likeness (QED) is 0.571. The van der Waals surface area contributed by atoms with Crippen LogP contribution in [0.5, 0.6) is 0 Å². The third kappa shape index (κ3) is 17.0. The summed E-state index contributed by atoms with van der Waals surface area (Å²) >= 11 is 4.88. The Labute approximate surface area is 105 Å². The Morgan fingerprint density at radius 2 is 1.60 bits per heavy atom. The summed E-state index contributed by atoms with van der Waals surface area (Å²) < 4.78 is -0.0709. The van der Waals surface area contributed by atoms with Gasteiger partial charge in [-0.25, -0.2) is 0 Å². The summed E-state index contributed by atoms with van der Waals surface area (Å²) in [5, 5.41) is 0. The second-order valence-electron chi connectivity index (χ2n) is 3.09. The van der Waals surface area contributed by atoms with Gasteiger partial charge in [0.05, 0.1) is 0 Å². The van der Waals surface area contributed by atoms with Crippen LogP contribution in [0.3, 0.4) is 0 Å². The van der Waals surface area contributed by atoms with Gasteiger partial charge in [0.25, 0.3) is 0 Å². The largest absolute Gasteiger partial charge is 0.304 e. The molecule has 0 saturated carbocycles. The van der Waals surface area contributed by atoms with Gasteiger partial charge in [0, 0.05) is 5.75 Å². The molecule has 15 heavy (non-hydrogen) atoms. The maximum atomic E-state index is 10.1. The smallest absolute Gasteiger partial charge is 0.243 e. The lowest BCUT2D eigenvalue weighted by molar-refractivity contribution is 0.277. The van der Waals surface area contributed by atoms with E-state index >= 15 is 0 Å². The molecule has 0 N–H and O–H groups in total. The number of hydrogen-bond donors (Lipinski definition) is 1. The lowest BCUT2D eigenvalue weighted by atomic mass is 10.4. The van der Waals surface area contributed by atoms with Crippen molar-refractivity contribution in [2.75, 3.05) is 25.4 Å². The summed E-state index contributed by atoms with van der Waals surface area (Å²) in [4.78, 5) is 12.5. The zero-order valence-electron chi connectivity index (χ0n) is 10.5. The molecule has 2 nitrogen and oxygen atoms in total. The van der Waals surface area contributed by atoms with E-state index in [1.165, 1.54) is 31.4 Å². The molecule has 0 aromatic rings. The van der Waals surface area contributed by atoms with Crippen LogP contribution in [-0.4, -0.2) is 34.7 Å². The predicted molar refractivity (Wildman–Crippen MR) is 75.2 cm³/mol. The van der Waals surface area contributed by atoms with Crippen molar-refractivity contribution in [2.45, 2.75) is 40.5 Å². The summed E-state index contributed by atoms with van der Waals surface area (Å²) in [5.41, 5.74) is 0. The fourth-order valence-corrected chi connectivity index (χ4v) is 1.86. The van der Waals surface area contributed by atoms with Gasteiger partial charge in [-0.2, -0.15) is 0 Å². The third-order valence-electron chi connectivity index (χ3n) is 2.07. The second kappa shape index (κ2) is 14.3. The first-order valence-corrected chi connectivity index (χ1v) is 7.13. The van der Waals surface area contributed by atoms with Crippen LogP contribution >= 0.6 is 24.4 Å². The number of carbonyl (C=O) groups is 1. The molecule has 4 heteroatoms. The Balaban J connectivity index is 0. The van der Waals surface area contributed by atoms with E-state index < -0.39 is 0 Å². The molecule has 0 radical (unpaired) electrons. The minimum Gasteiger partial charge on any atom is -0.304 e. The van der Waals surface area contributed by atoms with Crippen molar-refractivity contribution in [3.63, 3.8) is 0 Å². The summed E-state index contributed by atoms with van der Waals surface area (Å²) in [7, 11) is 0. The first-order valence-electron chi connectivity index (χ1n) is 5.70. The molecule has 0 saturated heterocycles. The van der Waals surface area contributed by atoms with E-state index in [-0.39, 0.29) is 4.45 Å². The average molecular weight is 251 g/mol. The van der Waals surface area contributed by atoms with Crippen molar-refractivity contribution in [1.29, 1.82) is 0 Å². The maximum absolute atomic E-state index is 10.1. The maximum Gasteiger partial charge on any atom is 0.243 e. The minimum atomic E-state index is -0.0709. The monoisotopic (exact) mass is 251 g/mol. The molecule has 0 aromatic carbocycles. The molecule has 0 unspecified atom stereocenters. The molecule has 0 aromatic heterocycles. The van der Waals surface area contributed by atoms with Crippen LogP contribution in [0.25, 0.3) is 0 Å². The van der Waals surface area contributed by atoms with Gasteiger partial charge in [-0.3, -0.25) is 4.79 Å². The van der Waals surface area contributed by atoms with Crippen molar-refractivity contribution < 1.29 is 4.79 Å². The van der Waals surface area contributed by atoms with E-state index in [1.54, 1.807) is 0 Å². The normalized spacial score (nSPS) is 9.73. The molecule has 92 valence electrons. The van der Waals surface area contributed by atoms with Crippen LogP contribution in [0.1, 0.15) is 40.5 Å². The van der Waals surface area contributed by atoms with Gasteiger partial charge in [-0.15, -0.1) is 0 Å². The molecule has 0 heterocycles. The molecule has 0 aliphatic carbocycles. The fourth-order valence-electron chi connectivity index (χ4n) is 0.975. The topological polar surface area (TPSA) is 20.3 Å². The van der Waals surface area contributed by atoms with Gasteiger partial charge >= 0.3 is 0 Å². The first kappa shape index (κ1) is 17.7. The van der Waals surface area contributed by atoms with Gasteiger partial charge in [-0.1, -0.05) is 58.5 Å². The van der Waals surface area contributed by atoms with Crippen molar-refractivity contribution in [3.05, 3.63) is 0 Å². The van der Waals surface area contributed by atoms with E-state index in [2.05, 4.69) is 45.2 Å². The molecule has 0 rings (SSSR count). The molecular weight excluding hydrogens is 226 g/mol. The average Bonchev–Trinajstić information content (AvgIpc) is 2.21. The molecule has 0 aliphatic rings. The van der Waals surface area contributed by atoms with E-state index in [4.69, 9.17) is 0 Å². The highest BCUT2D eigenvalue weighted by molar-refractivity contribution is 8.32. The molecule has 0 atom stereocenters. The zero-order valence-corrected chi connectivity index (χ0v) is 12.2. The highest BCUT2D eigenvalue weighted by atomic mass is 32.2. The van der Waals surface area contributed by atoms with Crippen molar-refractivity contribution in [1.82, 2.24) is 4.90 Å². The van der Waals surface area contributed by atoms with Gasteiger partial charge < -0.3 is 4.90 Å². The van der Waals surface area contributed by atoms with E-state index in [0.717, 1.165) is 18.6 Å². The highest BCUT2D eigenvalue weighted by Gasteiger charge is 1.91. The Morgan fingerprint density at radius 1 is 1.13 bits per heavy atom. The van der Waals surface area contributed by atoms with Crippen LogP contribution in [0.2, 0.25) is 0 Å². The van der Waals surface area contributed by atoms with E-state index in [1.807, 2.05) is 0 Å². The summed E-state index contributed by atoms with van der Waals surface area (Å²) in [6, 6.07) is 0. The Bertz CT molecular complexity index is 133. The van der Waals surface area contributed by atoms with Crippen molar-refractivity contribution >= 4 is 28.8 Å². The van der Waals surface area contributed by atoms with Crippen LogP contribution in [0.4, 0.5) is 4.79 Å². The number of rotatable bonds is 6. The number of thiol groups is 1. The molecular formula is C11H25NOS2.